The van der Waals surface area contributed by atoms with Crippen LogP contribution in [-0.4, -0.2) is 365 Å². The standard InChI is InChI=1S/C37H62O47S6/c1-85(50,51)67-2-8-26-14(38)20(44)32(73-8)80-27-9(3-68-86(52,53)54)75-34(22(46)16(27)40)82-29-11(5-70-88(58,59)60)77-36(24(48)18(29)42)84-31-13(7-72-90(64,65)66)78-37(25(49)19(31)43)83-30-12(6-71-89(61,62)63)76-35(23(47)17(30)41)81-28-10(4-69-87(55,56)57)74-33(79-26)21(45)15(28)39/h8-49H,2-7H2,1H3,(H,52,53,54)(H,55,56,57)(H,58,59,60)(H,61,62,63)(H,64,65,66)/t8-,9-,10-,11-,12-,13-,14-,15-,16-,17-,18-,19-,20-,21-,22-,23-,24-,25-,26-,27-,28-,29-,30-,31-,32-,33-,34-,35-,36-,37-/m1/s1. The van der Waals surface area contributed by atoms with E-state index in [0.717, 1.165) is 0 Å². The van der Waals surface area contributed by atoms with Crippen LogP contribution in [0.25, 0.3) is 0 Å². The molecule has 0 amide bonds. The van der Waals surface area contributed by atoms with Gasteiger partial charge in [-0.3, -0.25) is 26.9 Å². The summed E-state index contributed by atoms with van der Waals surface area (Å²) in [6.45, 7) is -9.11. The quantitative estimate of drug-likeness (QED) is 0.0448. The van der Waals surface area contributed by atoms with E-state index in [2.05, 4.69) is 20.9 Å². The molecule has 22 rings (SSSR count). The first-order chi connectivity index (χ1) is 41.3. The van der Waals surface area contributed by atoms with E-state index in [0.29, 0.717) is 6.26 Å². The van der Waals surface area contributed by atoms with Crippen LogP contribution in [0.5, 0.6) is 0 Å². The third kappa shape index (κ3) is 19.8. The molecule has 22 heterocycles. The number of hydrogen-bond donors (Lipinski definition) is 17. The van der Waals surface area contributed by atoms with Gasteiger partial charge in [0.25, 0.3) is 10.1 Å². The second-order valence-electron chi connectivity index (χ2n) is 20.3. The highest BCUT2D eigenvalue weighted by atomic mass is 32.3. The fourth-order valence-electron chi connectivity index (χ4n) is 9.81. The predicted molar refractivity (Wildman–Crippen MR) is 262 cm³/mol. The van der Waals surface area contributed by atoms with Crippen LogP contribution in [0, 0.1) is 0 Å². The molecule has 22 saturated heterocycles. The summed E-state index contributed by atoms with van der Waals surface area (Å²) in [7, 11) is -32.4. The highest BCUT2D eigenvalue weighted by Gasteiger charge is 2.60. The largest absolute Gasteiger partial charge is 0.397 e. The minimum atomic E-state index is -5.58. The van der Waals surface area contributed by atoms with Crippen LogP contribution in [0.4, 0.5) is 0 Å². The van der Waals surface area contributed by atoms with E-state index in [1.165, 1.54) is 0 Å². The van der Waals surface area contributed by atoms with E-state index < -0.39 is 286 Å². The Labute approximate surface area is 506 Å². The third-order valence-corrected chi connectivity index (χ3v) is 16.7. The number of aliphatic hydroxyl groups is 12. The average Bonchev–Trinajstić information content (AvgIpc) is 0.784. The van der Waals surface area contributed by atoms with Crippen LogP contribution < -0.4 is 0 Å². The van der Waals surface area contributed by atoms with Crippen molar-refractivity contribution in [2.45, 2.75) is 184 Å². The zero-order valence-electron chi connectivity index (χ0n) is 44.9. The average molecular weight is 1450 g/mol. The summed E-state index contributed by atoms with van der Waals surface area (Å²) in [5, 5.41) is 138. The van der Waals surface area contributed by atoms with Gasteiger partial charge in [0.05, 0.1) is 45.9 Å². The topological polar surface area (TPSA) is 715 Å². The van der Waals surface area contributed by atoms with Crippen LogP contribution in [-0.2, 0) is 144 Å². The lowest BCUT2D eigenvalue weighted by molar-refractivity contribution is -0.403. The number of ether oxygens (including phenoxy) is 12. The Balaban J connectivity index is 1.33. The Hall–Kier alpha value is -1.70. The molecule has 47 nitrogen and oxygen atoms in total. The van der Waals surface area contributed by atoms with Crippen molar-refractivity contribution in [2.75, 3.05) is 45.9 Å². The van der Waals surface area contributed by atoms with Crippen molar-refractivity contribution in [1.29, 1.82) is 0 Å². The van der Waals surface area contributed by atoms with Crippen molar-refractivity contribution in [2.24, 2.45) is 0 Å². The van der Waals surface area contributed by atoms with Crippen LogP contribution in [0.3, 0.4) is 0 Å². The fourth-order valence-corrected chi connectivity index (χ4v) is 11.7. The second kappa shape index (κ2) is 29.6. The minimum absolute atomic E-state index is 0.470. The molecule has 0 aromatic heterocycles. The van der Waals surface area contributed by atoms with E-state index >= 15 is 0 Å². The zero-order chi connectivity index (χ0) is 67.3. The Morgan fingerprint density at radius 3 is 0.489 bits per heavy atom. The monoisotopic (exact) mass is 1450 g/mol. The number of rotatable bonds is 18. The van der Waals surface area contributed by atoms with Crippen molar-refractivity contribution in [3.8, 4) is 0 Å². The lowest BCUT2D eigenvalue weighted by Gasteiger charge is -2.51. The molecule has 0 unspecified atom stereocenters. The zero-order valence-corrected chi connectivity index (χ0v) is 49.8. The Bertz CT molecular complexity index is 2560. The van der Waals surface area contributed by atoms with Gasteiger partial charge in [0.2, 0.25) is 0 Å². The number of aliphatic hydroxyl groups excluding tert-OH is 12. The molecule has 22 fully saturated rings. The molecule has 0 aromatic rings. The van der Waals surface area contributed by atoms with E-state index in [-0.39, 0.29) is 0 Å². The first-order valence-corrected chi connectivity index (χ1v) is 33.9. The normalized spacial score (nSPS) is 44.9. The Morgan fingerprint density at radius 2 is 0.367 bits per heavy atom. The van der Waals surface area contributed by atoms with Crippen molar-refractivity contribution in [1.82, 2.24) is 0 Å². The Morgan fingerprint density at radius 1 is 0.233 bits per heavy atom. The number of hydrogen-bond acceptors (Lipinski definition) is 42. The van der Waals surface area contributed by atoms with Crippen molar-refractivity contribution in [3.63, 3.8) is 0 Å². The highest BCUT2D eigenvalue weighted by Crippen LogP contribution is 2.39. The first-order valence-electron chi connectivity index (χ1n) is 25.3. The van der Waals surface area contributed by atoms with Gasteiger partial charge in [0.15, 0.2) is 37.7 Å². The van der Waals surface area contributed by atoms with Gasteiger partial charge in [-0.1, -0.05) is 0 Å². The van der Waals surface area contributed by atoms with Gasteiger partial charge in [0.1, 0.15) is 146 Å². The molecule has 0 radical (unpaired) electrons. The molecule has 12 bridgehead atoms. The maximum atomic E-state index is 12.3. The summed E-state index contributed by atoms with van der Waals surface area (Å²) in [5.74, 6) is 0. The van der Waals surface area contributed by atoms with E-state index in [1.807, 2.05) is 0 Å². The van der Waals surface area contributed by atoms with Crippen molar-refractivity contribution >= 4 is 62.1 Å². The van der Waals surface area contributed by atoms with E-state index in [9.17, 15) is 135 Å². The van der Waals surface area contributed by atoms with Gasteiger partial charge in [-0.15, -0.1) is 0 Å². The van der Waals surface area contributed by atoms with Crippen LogP contribution in [0.1, 0.15) is 0 Å². The predicted octanol–water partition coefficient (Wildman–Crippen LogP) is -13.9. The van der Waals surface area contributed by atoms with E-state index in [1.54, 1.807) is 0 Å². The molecule has 0 saturated carbocycles. The van der Waals surface area contributed by atoms with Gasteiger partial charge >= 0.3 is 52.0 Å². The summed E-state index contributed by atoms with van der Waals surface area (Å²) in [6.07, 6.45) is -75.6. The third-order valence-electron chi connectivity index (χ3n) is 13.9. The van der Waals surface area contributed by atoms with Crippen LogP contribution in [0.15, 0.2) is 0 Å². The van der Waals surface area contributed by atoms with E-state index in [4.69, 9.17) is 61.0 Å². The molecule has 0 spiro atoms. The molecule has 528 valence electrons. The maximum absolute atomic E-state index is 12.3. The molecular weight excluding hydrogens is 1390 g/mol. The lowest BCUT2D eigenvalue weighted by atomic mass is 9.94. The summed E-state index contributed by atoms with van der Waals surface area (Å²) in [5.41, 5.74) is 0. The molecular formula is C37H62O47S6. The molecule has 30 atom stereocenters. The molecule has 90 heavy (non-hydrogen) atoms. The molecule has 17 N–H and O–H groups in total. The molecule has 0 aliphatic carbocycles. The summed E-state index contributed by atoms with van der Waals surface area (Å²) in [4.78, 5) is 0. The SMILES string of the molecule is CS(=O)(=O)OC[C@H]1O[C@@H]2O[C@H]3[C@H](O)[C@@H](O)[C@@H](O[C@H]4[C@H](O)[C@@H](O)[C@@H](O[C@H]5[C@H](O)[C@@H](O)[C@@H](O[C@H]6[C@H](O)[C@@H](O)[C@@H](O[C@H]7[C@H](O)[C@@H](O)[C@@H](O[C@H]1[C@H](O)[C@H]2O)O[C@@H]7COS(=O)(=O)O)O[C@@H]6COS(=O)(=O)O)O[C@@H]5COS(=O)(=O)O)O[C@@H]4COS(=O)(=O)O)O[C@@H]3COS(=O)(=O)O. The maximum Gasteiger partial charge on any atom is 0.397 e. The summed E-state index contributed by atoms with van der Waals surface area (Å²) in [6, 6.07) is 0. The van der Waals surface area contributed by atoms with Crippen LogP contribution in [0.2, 0.25) is 0 Å². The van der Waals surface area contributed by atoms with Crippen molar-refractivity contribution < 1.29 is 216 Å². The molecule has 22 aliphatic rings. The van der Waals surface area contributed by atoms with Gasteiger partial charge in [-0.2, -0.15) is 50.5 Å². The van der Waals surface area contributed by atoms with Gasteiger partial charge in [-0.05, 0) is 0 Å². The lowest BCUT2D eigenvalue weighted by Crippen LogP contribution is -2.69. The summed E-state index contributed by atoms with van der Waals surface area (Å²) < 4.78 is 284. The summed E-state index contributed by atoms with van der Waals surface area (Å²) >= 11 is 0. The highest BCUT2D eigenvalue weighted by molar-refractivity contribution is 7.86. The Kier molecular flexibility index (Phi) is 24.9. The second-order valence-corrected chi connectivity index (χ2v) is 27.4. The van der Waals surface area contributed by atoms with Gasteiger partial charge < -0.3 is 118 Å². The first kappa shape index (κ1) is 75.7. The van der Waals surface area contributed by atoms with Gasteiger partial charge in [-0.25, -0.2) is 20.9 Å². The van der Waals surface area contributed by atoms with Crippen molar-refractivity contribution in [3.05, 3.63) is 0 Å². The molecule has 0 aromatic carbocycles. The van der Waals surface area contributed by atoms with Crippen LogP contribution >= 0.6 is 0 Å². The minimum Gasteiger partial charge on any atom is -0.387 e. The fraction of sp³-hybridized carbons (Fsp3) is 1.00. The smallest absolute Gasteiger partial charge is 0.387 e. The molecule has 53 heteroatoms. The van der Waals surface area contributed by atoms with Gasteiger partial charge in [0, 0.05) is 0 Å². The molecule has 22 aliphatic heterocycles.